The Labute approximate surface area is 187 Å². The number of para-hydroxylation sites is 1. The number of methoxy groups -OCH3 is 1. The summed E-state index contributed by atoms with van der Waals surface area (Å²) in [7, 11) is 3.44. The highest BCUT2D eigenvalue weighted by atomic mass is 32.1. The second kappa shape index (κ2) is 10.8. The molecule has 1 heterocycles. The molecule has 7 nitrogen and oxygen atoms in total. The van der Waals surface area contributed by atoms with Gasteiger partial charge < -0.3 is 14.4 Å². The van der Waals surface area contributed by atoms with E-state index in [-0.39, 0.29) is 5.91 Å². The molecule has 1 N–H and O–H groups in total. The third-order valence-electron chi connectivity index (χ3n) is 5.07. The molecule has 0 aliphatic heterocycles. The molecule has 0 saturated carbocycles. The minimum atomic E-state index is 0.0553. The van der Waals surface area contributed by atoms with E-state index in [2.05, 4.69) is 10.2 Å². The predicted octanol–water partition coefficient (Wildman–Crippen LogP) is 4.24. The maximum Gasteiger partial charge on any atom is 0.224 e. The van der Waals surface area contributed by atoms with Crippen molar-refractivity contribution in [1.29, 1.82) is 0 Å². The van der Waals surface area contributed by atoms with Gasteiger partial charge in [0.1, 0.15) is 11.5 Å². The first-order valence-electron chi connectivity index (χ1n) is 10.2. The molecule has 0 saturated heterocycles. The maximum atomic E-state index is 12.6. The Kier molecular flexibility index (Phi) is 7.83. The van der Waals surface area contributed by atoms with Crippen LogP contribution < -0.4 is 9.47 Å². The molecule has 0 atom stereocenters. The number of nitrogens with zero attached hydrogens (tertiary/aromatic N) is 3. The molecule has 2 aromatic carbocycles. The summed E-state index contributed by atoms with van der Waals surface area (Å²) in [6.45, 7) is 3.68. The van der Waals surface area contributed by atoms with Gasteiger partial charge in [0.05, 0.1) is 13.7 Å². The molecule has 0 bridgehead atoms. The van der Waals surface area contributed by atoms with Crippen LogP contribution in [0.1, 0.15) is 18.4 Å². The monoisotopic (exact) mass is 440 g/mol. The molecule has 8 heteroatoms. The third-order valence-corrected chi connectivity index (χ3v) is 5.38. The fourth-order valence-corrected chi connectivity index (χ4v) is 3.43. The molecular weight excluding hydrogens is 412 g/mol. The SMILES string of the molecule is COc1ccc(-c2n[nH]c(=S)n2CCC(=O)N(C)CCCOc2ccccc2C)cc1. The van der Waals surface area contributed by atoms with Crippen molar-refractivity contribution in [2.45, 2.75) is 26.3 Å². The van der Waals surface area contributed by atoms with Crippen molar-refractivity contribution in [1.82, 2.24) is 19.7 Å². The first-order valence-corrected chi connectivity index (χ1v) is 10.6. The van der Waals surface area contributed by atoms with Crippen LogP contribution in [0, 0.1) is 11.7 Å². The minimum absolute atomic E-state index is 0.0553. The smallest absolute Gasteiger partial charge is 0.224 e. The van der Waals surface area contributed by atoms with Crippen LogP contribution in [0.15, 0.2) is 48.5 Å². The van der Waals surface area contributed by atoms with Gasteiger partial charge >= 0.3 is 0 Å². The highest BCUT2D eigenvalue weighted by molar-refractivity contribution is 7.71. The Morgan fingerprint density at radius 3 is 2.65 bits per heavy atom. The lowest BCUT2D eigenvalue weighted by molar-refractivity contribution is -0.130. The van der Waals surface area contributed by atoms with Gasteiger partial charge in [0.2, 0.25) is 5.91 Å². The quantitative estimate of drug-likeness (QED) is 0.377. The van der Waals surface area contributed by atoms with E-state index in [0.717, 1.165) is 29.0 Å². The number of benzene rings is 2. The number of hydrogen-bond acceptors (Lipinski definition) is 5. The van der Waals surface area contributed by atoms with Crippen molar-refractivity contribution in [3.8, 4) is 22.9 Å². The Hall–Kier alpha value is -3.13. The molecule has 1 aromatic heterocycles. The normalized spacial score (nSPS) is 10.7. The number of rotatable bonds is 10. The van der Waals surface area contributed by atoms with Crippen LogP contribution in [-0.2, 0) is 11.3 Å². The molecular formula is C23H28N4O3S. The first kappa shape index (κ1) is 22.6. The number of aryl methyl sites for hydroxylation is 1. The van der Waals surface area contributed by atoms with Crippen molar-refractivity contribution >= 4 is 18.1 Å². The van der Waals surface area contributed by atoms with Crippen molar-refractivity contribution in [3.63, 3.8) is 0 Å². The van der Waals surface area contributed by atoms with Crippen LogP contribution in [0.25, 0.3) is 11.4 Å². The summed E-state index contributed by atoms with van der Waals surface area (Å²) >= 11 is 5.36. The standard InChI is InChI=1S/C23H28N4O3S/c1-17-7-4-5-8-20(17)30-16-6-14-26(2)21(28)13-15-27-22(24-25-23(27)31)18-9-11-19(29-3)12-10-18/h4-5,7-12H,6,13-16H2,1-3H3,(H,25,31). The van der Waals surface area contributed by atoms with Gasteiger partial charge in [-0.05, 0) is 61.5 Å². The number of nitrogens with one attached hydrogen (secondary N) is 1. The van der Waals surface area contributed by atoms with Gasteiger partial charge in [-0.3, -0.25) is 14.5 Å². The van der Waals surface area contributed by atoms with E-state index in [9.17, 15) is 4.79 Å². The molecule has 1 amide bonds. The molecule has 0 aliphatic carbocycles. The predicted molar refractivity (Wildman–Crippen MR) is 123 cm³/mol. The number of carbonyl (C=O) groups is 1. The highest BCUT2D eigenvalue weighted by Gasteiger charge is 2.13. The molecule has 3 rings (SSSR count). The number of hydrogen-bond donors (Lipinski definition) is 1. The Bertz CT molecular complexity index is 1060. The van der Waals surface area contributed by atoms with Crippen molar-refractivity contribution in [3.05, 3.63) is 58.9 Å². The summed E-state index contributed by atoms with van der Waals surface area (Å²) in [6.07, 6.45) is 1.10. The summed E-state index contributed by atoms with van der Waals surface area (Å²) < 4.78 is 13.4. The molecule has 0 fully saturated rings. The van der Waals surface area contributed by atoms with E-state index in [1.165, 1.54) is 0 Å². The van der Waals surface area contributed by atoms with Gasteiger partial charge in [0.15, 0.2) is 10.6 Å². The summed E-state index contributed by atoms with van der Waals surface area (Å²) in [5.41, 5.74) is 2.01. The fraction of sp³-hybridized carbons (Fsp3) is 0.348. The molecule has 164 valence electrons. The van der Waals surface area contributed by atoms with Gasteiger partial charge in [-0.1, -0.05) is 18.2 Å². The molecule has 0 radical (unpaired) electrons. The largest absolute Gasteiger partial charge is 0.497 e. The number of H-pyrrole nitrogens is 1. The highest BCUT2D eigenvalue weighted by Crippen LogP contribution is 2.21. The van der Waals surface area contributed by atoms with Gasteiger partial charge in [0.25, 0.3) is 0 Å². The lowest BCUT2D eigenvalue weighted by Gasteiger charge is -2.18. The van der Waals surface area contributed by atoms with Crippen LogP contribution >= 0.6 is 12.2 Å². The maximum absolute atomic E-state index is 12.6. The zero-order valence-corrected chi connectivity index (χ0v) is 18.9. The average molecular weight is 441 g/mol. The Morgan fingerprint density at radius 2 is 1.94 bits per heavy atom. The Balaban J connectivity index is 1.50. The zero-order chi connectivity index (χ0) is 22.2. The van der Waals surface area contributed by atoms with Crippen LogP contribution in [0.2, 0.25) is 0 Å². The minimum Gasteiger partial charge on any atom is -0.497 e. The Morgan fingerprint density at radius 1 is 1.19 bits per heavy atom. The molecule has 0 aliphatic rings. The topological polar surface area (TPSA) is 72.4 Å². The fourth-order valence-electron chi connectivity index (χ4n) is 3.21. The number of carbonyl (C=O) groups excluding carboxylic acids is 1. The molecule has 31 heavy (non-hydrogen) atoms. The van der Waals surface area contributed by atoms with E-state index in [1.54, 1.807) is 12.0 Å². The average Bonchev–Trinajstić information content (AvgIpc) is 3.16. The van der Waals surface area contributed by atoms with E-state index in [0.29, 0.717) is 36.7 Å². The van der Waals surface area contributed by atoms with Gasteiger partial charge in [0, 0.05) is 32.1 Å². The second-order valence-electron chi connectivity index (χ2n) is 7.27. The summed E-state index contributed by atoms with van der Waals surface area (Å²) in [5.74, 6) is 2.42. The van der Waals surface area contributed by atoms with Crippen LogP contribution in [-0.4, -0.2) is 52.9 Å². The molecule has 3 aromatic rings. The molecule has 0 spiro atoms. The third kappa shape index (κ3) is 5.95. The van der Waals surface area contributed by atoms with E-state index < -0.39 is 0 Å². The number of amides is 1. The summed E-state index contributed by atoms with van der Waals surface area (Å²) in [6, 6.07) is 15.5. The van der Waals surface area contributed by atoms with Gasteiger partial charge in [-0.2, -0.15) is 5.10 Å². The van der Waals surface area contributed by atoms with Crippen LogP contribution in [0.5, 0.6) is 11.5 Å². The number of aromatic nitrogens is 3. The van der Waals surface area contributed by atoms with E-state index >= 15 is 0 Å². The summed E-state index contributed by atoms with van der Waals surface area (Å²) in [4.78, 5) is 14.3. The van der Waals surface area contributed by atoms with E-state index in [1.807, 2.05) is 67.1 Å². The first-order chi connectivity index (χ1) is 15.0. The lowest BCUT2D eigenvalue weighted by Crippen LogP contribution is -2.29. The van der Waals surface area contributed by atoms with Crippen molar-refractivity contribution < 1.29 is 14.3 Å². The zero-order valence-electron chi connectivity index (χ0n) is 18.1. The number of ether oxygens (including phenoxy) is 2. The molecule has 0 unspecified atom stereocenters. The summed E-state index contributed by atoms with van der Waals surface area (Å²) in [5, 5.41) is 7.15. The van der Waals surface area contributed by atoms with E-state index in [4.69, 9.17) is 21.7 Å². The second-order valence-corrected chi connectivity index (χ2v) is 7.65. The van der Waals surface area contributed by atoms with Crippen molar-refractivity contribution in [2.75, 3.05) is 27.3 Å². The van der Waals surface area contributed by atoms with Crippen molar-refractivity contribution in [2.24, 2.45) is 0 Å². The van der Waals surface area contributed by atoms with Crippen LogP contribution in [0.3, 0.4) is 0 Å². The van der Waals surface area contributed by atoms with Gasteiger partial charge in [-0.15, -0.1) is 0 Å². The lowest BCUT2D eigenvalue weighted by atomic mass is 10.2. The number of aromatic amines is 1. The van der Waals surface area contributed by atoms with Crippen LogP contribution in [0.4, 0.5) is 0 Å². The van der Waals surface area contributed by atoms with Gasteiger partial charge in [-0.25, -0.2) is 0 Å².